The lowest BCUT2D eigenvalue weighted by Gasteiger charge is -2.33. The Bertz CT molecular complexity index is 843. The summed E-state index contributed by atoms with van der Waals surface area (Å²) in [6.07, 6.45) is 1.11. The van der Waals surface area contributed by atoms with Crippen molar-refractivity contribution in [2.75, 3.05) is 38.3 Å². The van der Waals surface area contributed by atoms with Gasteiger partial charge in [-0.15, -0.1) is 0 Å². The molecule has 2 aromatic rings. The number of hydrogen-bond acceptors (Lipinski definition) is 7. The first-order chi connectivity index (χ1) is 12.9. The molecule has 0 radical (unpaired) electrons. The summed E-state index contributed by atoms with van der Waals surface area (Å²) in [4.78, 5) is 10.2. The number of likely N-dealkylation sites (tertiary alicyclic amines) is 1. The third kappa shape index (κ3) is 4.16. The molecule has 1 aliphatic rings. The number of alkyl halides is 1. The molecule has 0 aliphatic carbocycles. The molecule has 1 saturated heterocycles. The Kier molecular flexibility index (Phi) is 5.55. The van der Waals surface area contributed by atoms with E-state index in [9.17, 15) is 4.39 Å². The van der Waals surface area contributed by atoms with Crippen molar-refractivity contribution >= 4 is 23.5 Å². The number of hydrogen-bond donors (Lipinski definition) is 3. The van der Waals surface area contributed by atoms with Gasteiger partial charge in [0.1, 0.15) is 17.8 Å². The summed E-state index contributed by atoms with van der Waals surface area (Å²) in [6.45, 7) is 3.25. The highest BCUT2D eigenvalue weighted by molar-refractivity contribution is 5.88. The van der Waals surface area contributed by atoms with E-state index in [4.69, 9.17) is 15.9 Å². The summed E-state index contributed by atoms with van der Waals surface area (Å²) < 4.78 is 19.7. The lowest BCUT2D eigenvalue weighted by Crippen LogP contribution is -2.38. The quantitative estimate of drug-likeness (QED) is 0.698. The maximum Gasteiger partial charge on any atom is 0.320 e. The molecule has 1 aromatic heterocycles. The van der Waals surface area contributed by atoms with Crippen LogP contribution < -0.4 is 15.8 Å². The Hall–Kier alpha value is -2.74. The molecule has 8 heteroatoms. The molecule has 0 amide bonds. The summed E-state index contributed by atoms with van der Waals surface area (Å²) in [7, 11) is 3.40. The first-order valence-corrected chi connectivity index (χ1v) is 8.84. The highest BCUT2D eigenvalue weighted by atomic mass is 19.1. The van der Waals surface area contributed by atoms with Gasteiger partial charge in [0.15, 0.2) is 0 Å². The second kappa shape index (κ2) is 7.87. The normalized spacial score (nSPS) is 20.3. The lowest BCUT2D eigenvalue weighted by atomic mass is 9.84. The standard InChI is InChI=1S/C19H25FN6O/c1-11-6-12(9-21)16(23-18-8-17(22)24-19(25-18)27-3)7-14(11)13-4-5-26(2)10-15(13)20/h6-9,13,15,21H,4-5,10H2,1-3H3,(H3,22,23,24,25). The number of ether oxygens (including phenoxy) is 1. The highest BCUT2D eigenvalue weighted by Crippen LogP contribution is 2.35. The molecule has 0 spiro atoms. The van der Waals surface area contributed by atoms with Crippen LogP contribution in [0, 0.1) is 12.3 Å². The van der Waals surface area contributed by atoms with Gasteiger partial charge < -0.3 is 26.1 Å². The Balaban J connectivity index is 1.97. The number of nitrogen functional groups attached to an aromatic ring is 1. The number of rotatable bonds is 5. The molecule has 2 atom stereocenters. The van der Waals surface area contributed by atoms with Gasteiger partial charge in [-0.05, 0) is 50.2 Å². The number of methoxy groups -OCH3 is 1. The molecular weight excluding hydrogens is 347 g/mol. The third-order valence-corrected chi connectivity index (χ3v) is 4.91. The van der Waals surface area contributed by atoms with Crippen molar-refractivity contribution in [3.63, 3.8) is 0 Å². The number of piperidine rings is 1. The molecular formula is C19H25FN6O. The van der Waals surface area contributed by atoms with E-state index in [-0.39, 0.29) is 17.7 Å². The van der Waals surface area contributed by atoms with Crippen LogP contribution in [-0.4, -0.2) is 54.5 Å². The lowest BCUT2D eigenvalue weighted by molar-refractivity contribution is 0.139. The molecule has 4 N–H and O–H groups in total. The summed E-state index contributed by atoms with van der Waals surface area (Å²) in [5.74, 6) is 0.566. The van der Waals surface area contributed by atoms with Crippen LogP contribution in [0.25, 0.3) is 0 Å². The summed E-state index contributed by atoms with van der Waals surface area (Å²) in [5.41, 5.74) is 9.10. The van der Waals surface area contributed by atoms with Gasteiger partial charge in [0, 0.05) is 36.0 Å². The minimum atomic E-state index is -0.920. The van der Waals surface area contributed by atoms with Crippen LogP contribution in [0.5, 0.6) is 6.01 Å². The SMILES string of the molecule is COc1nc(N)cc(Nc2cc(C3CCN(C)CC3F)c(C)cc2C=N)n1. The fourth-order valence-corrected chi connectivity index (χ4v) is 3.52. The Labute approximate surface area is 158 Å². The van der Waals surface area contributed by atoms with Crippen LogP contribution in [0.1, 0.15) is 29.0 Å². The number of aromatic nitrogens is 2. The van der Waals surface area contributed by atoms with Crippen molar-refractivity contribution in [2.24, 2.45) is 0 Å². The van der Waals surface area contributed by atoms with Crippen molar-refractivity contribution in [3.8, 4) is 6.01 Å². The molecule has 0 bridgehead atoms. The van der Waals surface area contributed by atoms with Crippen LogP contribution in [0.4, 0.5) is 21.7 Å². The topological polar surface area (TPSA) is 100 Å². The van der Waals surface area contributed by atoms with Gasteiger partial charge in [0.25, 0.3) is 0 Å². The second-order valence-corrected chi connectivity index (χ2v) is 6.90. The minimum absolute atomic E-state index is 0.153. The van der Waals surface area contributed by atoms with Crippen molar-refractivity contribution in [1.82, 2.24) is 14.9 Å². The second-order valence-electron chi connectivity index (χ2n) is 6.90. The highest BCUT2D eigenvalue weighted by Gasteiger charge is 2.30. The molecule has 7 nitrogen and oxygen atoms in total. The molecule has 1 fully saturated rings. The number of halogens is 1. The van der Waals surface area contributed by atoms with Crippen molar-refractivity contribution in [1.29, 1.82) is 5.41 Å². The number of nitrogens with two attached hydrogens (primary N) is 1. The van der Waals surface area contributed by atoms with E-state index in [1.54, 1.807) is 6.07 Å². The zero-order valence-corrected chi connectivity index (χ0v) is 15.8. The summed E-state index contributed by atoms with van der Waals surface area (Å²) in [6, 6.07) is 5.56. The molecule has 2 unspecified atom stereocenters. The first-order valence-electron chi connectivity index (χ1n) is 8.84. The molecule has 2 heterocycles. The number of aryl methyl sites for hydroxylation is 1. The predicted octanol–water partition coefficient (Wildman–Crippen LogP) is 2.87. The number of benzene rings is 1. The van der Waals surface area contributed by atoms with Crippen LogP contribution in [-0.2, 0) is 0 Å². The zero-order valence-electron chi connectivity index (χ0n) is 15.8. The van der Waals surface area contributed by atoms with Crippen LogP contribution in [0.2, 0.25) is 0 Å². The van der Waals surface area contributed by atoms with E-state index >= 15 is 0 Å². The predicted molar refractivity (Wildman–Crippen MR) is 105 cm³/mol. The number of nitrogens with zero attached hydrogens (tertiary/aromatic N) is 3. The van der Waals surface area contributed by atoms with Crippen LogP contribution in [0.3, 0.4) is 0 Å². The van der Waals surface area contributed by atoms with Crippen LogP contribution >= 0.6 is 0 Å². The van der Waals surface area contributed by atoms with E-state index < -0.39 is 6.17 Å². The Morgan fingerprint density at radius 1 is 1.37 bits per heavy atom. The zero-order chi connectivity index (χ0) is 19.6. The maximum atomic E-state index is 14.7. The minimum Gasteiger partial charge on any atom is -0.467 e. The third-order valence-electron chi connectivity index (χ3n) is 4.91. The average molecular weight is 372 g/mol. The molecule has 1 aliphatic heterocycles. The molecule has 1 aromatic carbocycles. The fourth-order valence-electron chi connectivity index (χ4n) is 3.52. The van der Waals surface area contributed by atoms with E-state index in [0.29, 0.717) is 23.6 Å². The Morgan fingerprint density at radius 2 is 2.15 bits per heavy atom. The van der Waals surface area contributed by atoms with E-state index in [1.165, 1.54) is 13.3 Å². The van der Waals surface area contributed by atoms with Crippen molar-refractivity contribution < 1.29 is 9.13 Å². The smallest absolute Gasteiger partial charge is 0.320 e. The van der Waals surface area contributed by atoms with E-state index in [1.807, 2.05) is 31.0 Å². The van der Waals surface area contributed by atoms with Gasteiger partial charge in [0.05, 0.1) is 7.11 Å². The first kappa shape index (κ1) is 19.0. The van der Waals surface area contributed by atoms with Gasteiger partial charge >= 0.3 is 6.01 Å². The number of nitrogens with one attached hydrogen (secondary N) is 2. The molecule has 27 heavy (non-hydrogen) atoms. The molecule has 144 valence electrons. The Morgan fingerprint density at radius 3 is 2.81 bits per heavy atom. The maximum absolute atomic E-state index is 14.7. The van der Waals surface area contributed by atoms with Gasteiger partial charge in [0.2, 0.25) is 0 Å². The monoisotopic (exact) mass is 372 g/mol. The summed E-state index contributed by atoms with van der Waals surface area (Å²) >= 11 is 0. The summed E-state index contributed by atoms with van der Waals surface area (Å²) in [5, 5.41) is 10.9. The molecule has 3 rings (SSSR count). The van der Waals surface area contributed by atoms with Crippen molar-refractivity contribution in [2.45, 2.75) is 25.4 Å². The van der Waals surface area contributed by atoms with Gasteiger partial charge in [-0.3, -0.25) is 0 Å². The van der Waals surface area contributed by atoms with E-state index in [2.05, 4.69) is 15.3 Å². The largest absolute Gasteiger partial charge is 0.467 e. The van der Waals surface area contributed by atoms with Crippen LogP contribution in [0.15, 0.2) is 18.2 Å². The average Bonchev–Trinajstić information content (AvgIpc) is 2.62. The van der Waals surface area contributed by atoms with Gasteiger partial charge in [-0.1, -0.05) is 0 Å². The fraction of sp³-hybridized carbons (Fsp3) is 0.421. The molecule has 0 saturated carbocycles. The van der Waals surface area contributed by atoms with Gasteiger partial charge in [-0.25, -0.2) is 4.39 Å². The van der Waals surface area contributed by atoms with E-state index in [0.717, 1.165) is 24.1 Å². The number of anilines is 3. The van der Waals surface area contributed by atoms with Gasteiger partial charge in [-0.2, -0.15) is 9.97 Å². The van der Waals surface area contributed by atoms with Crippen molar-refractivity contribution in [3.05, 3.63) is 34.9 Å².